The zero-order valence-corrected chi connectivity index (χ0v) is 19.6. The molecule has 0 atom stereocenters. The van der Waals surface area contributed by atoms with Crippen LogP contribution in [0, 0.1) is 13.8 Å². The molecule has 1 amide bonds. The van der Waals surface area contributed by atoms with Crippen LogP contribution in [-0.4, -0.2) is 39.6 Å². The highest BCUT2D eigenvalue weighted by Gasteiger charge is 2.17. The van der Waals surface area contributed by atoms with Crippen molar-refractivity contribution in [2.24, 2.45) is 0 Å². The third kappa shape index (κ3) is 6.77. The molecule has 0 saturated heterocycles. The van der Waals surface area contributed by atoms with Gasteiger partial charge in [0.25, 0.3) is 15.9 Å². The third-order valence-corrected chi connectivity index (χ3v) is 6.29. The van der Waals surface area contributed by atoms with E-state index in [1.54, 1.807) is 62.6 Å². The summed E-state index contributed by atoms with van der Waals surface area (Å²) in [4.78, 5) is 16.5. The predicted molar refractivity (Wildman–Crippen MR) is 126 cm³/mol. The van der Waals surface area contributed by atoms with Gasteiger partial charge >= 0.3 is 0 Å². The Morgan fingerprint density at radius 1 is 1.03 bits per heavy atom. The van der Waals surface area contributed by atoms with E-state index in [9.17, 15) is 13.2 Å². The van der Waals surface area contributed by atoms with Crippen LogP contribution in [0.2, 0.25) is 0 Å². The Balaban J connectivity index is 1.60. The highest BCUT2D eigenvalue weighted by atomic mass is 32.2. The fourth-order valence-electron chi connectivity index (χ4n) is 3.01. The van der Waals surface area contributed by atoms with Crippen LogP contribution < -0.4 is 14.8 Å². The number of aryl methyl sites for hydroxylation is 2. The van der Waals surface area contributed by atoms with Crippen molar-refractivity contribution in [2.75, 3.05) is 25.0 Å². The van der Waals surface area contributed by atoms with Crippen molar-refractivity contribution in [2.45, 2.75) is 25.2 Å². The second-order valence-electron chi connectivity index (χ2n) is 7.49. The molecule has 1 aromatic heterocycles. The van der Waals surface area contributed by atoms with E-state index in [1.807, 2.05) is 13.0 Å². The lowest BCUT2D eigenvalue weighted by molar-refractivity contribution is 0.0948. The molecular formula is C24H27N3O5S. The van der Waals surface area contributed by atoms with Crippen LogP contribution in [0.25, 0.3) is 0 Å². The fourth-order valence-corrected chi connectivity index (χ4v) is 4.40. The number of aromatic nitrogens is 1. The monoisotopic (exact) mass is 469 g/mol. The first-order chi connectivity index (χ1) is 15.8. The molecule has 9 heteroatoms. The van der Waals surface area contributed by atoms with Crippen molar-refractivity contribution in [3.05, 3.63) is 77.5 Å². The molecule has 3 aromatic rings. The molecule has 0 aliphatic rings. The molecule has 3 rings (SSSR count). The van der Waals surface area contributed by atoms with Crippen LogP contribution >= 0.6 is 0 Å². The number of sulfonamides is 1. The summed E-state index contributed by atoms with van der Waals surface area (Å²) in [5, 5.41) is 2.79. The van der Waals surface area contributed by atoms with Gasteiger partial charge in [0, 0.05) is 38.2 Å². The summed E-state index contributed by atoms with van der Waals surface area (Å²) >= 11 is 0. The molecule has 0 unspecified atom stereocenters. The summed E-state index contributed by atoms with van der Waals surface area (Å²) in [6.45, 7) is 4.70. The topological polar surface area (TPSA) is 107 Å². The van der Waals surface area contributed by atoms with Gasteiger partial charge in [-0.3, -0.25) is 9.52 Å². The Hall–Kier alpha value is -3.43. The molecule has 0 aliphatic carbocycles. The van der Waals surface area contributed by atoms with Gasteiger partial charge in [0.2, 0.25) is 5.88 Å². The molecule has 33 heavy (non-hydrogen) atoms. The molecule has 8 nitrogen and oxygen atoms in total. The molecule has 174 valence electrons. The standard InChI is InChI=1S/C24H27N3O5S/c1-17-5-6-18(2)22(15-17)33(29,30)27-20-8-10-21(11-9-20)32-23-12-7-19(16-26-23)24(28)25-13-4-14-31-3/h5-12,15-16,27H,4,13-14H2,1-3H3,(H,25,28). The normalized spacial score (nSPS) is 11.1. The van der Waals surface area contributed by atoms with E-state index >= 15 is 0 Å². The molecule has 0 aliphatic heterocycles. The molecule has 0 radical (unpaired) electrons. The van der Waals surface area contributed by atoms with Crippen molar-refractivity contribution in [1.29, 1.82) is 0 Å². The first-order valence-electron chi connectivity index (χ1n) is 10.4. The lowest BCUT2D eigenvalue weighted by atomic mass is 10.2. The number of hydrogen-bond acceptors (Lipinski definition) is 6. The number of benzene rings is 2. The number of nitrogens with zero attached hydrogens (tertiary/aromatic N) is 1. The van der Waals surface area contributed by atoms with Gasteiger partial charge in [-0.25, -0.2) is 13.4 Å². The number of carbonyl (C=O) groups excluding carboxylic acids is 1. The van der Waals surface area contributed by atoms with E-state index in [2.05, 4.69) is 15.0 Å². The Morgan fingerprint density at radius 2 is 1.79 bits per heavy atom. The smallest absolute Gasteiger partial charge is 0.262 e. The van der Waals surface area contributed by atoms with Crippen LogP contribution in [0.1, 0.15) is 27.9 Å². The molecule has 0 saturated carbocycles. The largest absolute Gasteiger partial charge is 0.439 e. The Bertz CT molecular complexity index is 1190. The van der Waals surface area contributed by atoms with Gasteiger partial charge < -0.3 is 14.8 Å². The van der Waals surface area contributed by atoms with Gasteiger partial charge in [0.15, 0.2) is 0 Å². The molecule has 1 heterocycles. The van der Waals surface area contributed by atoms with Gasteiger partial charge in [-0.05, 0) is 67.8 Å². The van der Waals surface area contributed by atoms with Crippen LogP contribution in [0.5, 0.6) is 11.6 Å². The number of amides is 1. The average molecular weight is 470 g/mol. The highest BCUT2D eigenvalue weighted by Crippen LogP contribution is 2.24. The Morgan fingerprint density at radius 3 is 2.45 bits per heavy atom. The third-order valence-electron chi connectivity index (χ3n) is 4.77. The summed E-state index contributed by atoms with van der Waals surface area (Å²) in [7, 11) is -2.10. The number of methoxy groups -OCH3 is 1. The lowest BCUT2D eigenvalue weighted by Crippen LogP contribution is -2.25. The van der Waals surface area contributed by atoms with Crippen LogP contribution in [0.4, 0.5) is 5.69 Å². The van der Waals surface area contributed by atoms with E-state index < -0.39 is 10.0 Å². The number of carbonyl (C=O) groups is 1. The second-order valence-corrected chi connectivity index (χ2v) is 9.14. The maximum Gasteiger partial charge on any atom is 0.262 e. The van der Waals surface area contributed by atoms with Crippen LogP contribution in [0.3, 0.4) is 0 Å². The molecular weight excluding hydrogens is 442 g/mol. The number of nitrogens with one attached hydrogen (secondary N) is 2. The van der Waals surface area contributed by atoms with E-state index in [-0.39, 0.29) is 10.8 Å². The summed E-state index contributed by atoms with van der Waals surface area (Å²) in [5.41, 5.74) is 2.38. The first kappa shape index (κ1) is 24.2. The van der Waals surface area contributed by atoms with Crippen molar-refractivity contribution in [3.8, 4) is 11.6 Å². The maximum atomic E-state index is 12.7. The molecule has 0 spiro atoms. The number of anilines is 1. The maximum absolute atomic E-state index is 12.7. The van der Waals surface area contributed by atoms with Crippen LogP contribution in [0.15, 0.2) is 65.7 Å². The minimum Gasteiger partial charge on any atom is -0.439 e. The fraction of sp³-hybridized carbons (Fsp3) is 0.250. The SMILES string of the molecule is COCCCNC(=O)c1ccc(Oc2ccc(NS(=O)(=O)c3cc(C)ccc3C)cc2)nc1. The van der Waals surface area contributed by atoms with Gasteiger partial charge in [0.1, 0.15) is 5.75 Å². The number of hydrogen-bond donors (Lipinski definition) is 2. The zero-order valence-electron chi connectivity index (χ0n) is 18.8. The minimum absolute atomic E-state index is 0.217. The molecule has 2 aromatic carbocycles. The van der Waals surface area contributed by atoms with Crippen molar-refractivity contribution in [3.63, 3.8) is 0 Å². The van der Waals surface area contributed by atoms with E-state index in [1.165, 1.54) is 6.20 Å². The minimum atomic E-state index is -3.71. The van der Waals surface area contributed by atoms with Crippen molar-refractivity contribution in [1.82, 2.24) is 10.3 Å². The van der Waals surface area contributed by atoms with Crippen molar-refractivity contribution >= 4 is 21.6 Å². The predicted octanol–water partition coefficient (Wildman–Crippen LogP) is 4.06. The zero-order chi connectivity index (χ0) is 23.8. The Labute approximate surface area is 194 Å². The lowest BCUT2D eigenvalue weighted by Gasteiger charge is -2.12. The van der Waals surface area contributed by atoms with Crippen molar-refractivity contribution < 1.29 is 22.7 Å². The number of pyridine rings is 1. The summed E-state index contributed by atoms with van der Waals surface area (Å²) in [6.07, 6.45) is 2.17. The first-order valence-corrected chi connectivity index (χ1v) is 11.9. The van der Waals surface area contributed by atoms with Crippen LogP contribution in [-0.2, 0) is 14.8 Å². The van der Waals surface area contributed by atoms with Gasteiger partial charge in [-0.1, -0.05) is 12.1 Å². The van der Waals surface area contributed by atoms with E-state index in [0.717, 1.165) is 12.0 Å². The molecule has 0 fully saturated rings. The average Bonchev–Trinajstić information content (AvgIpc) is 2.80. The van der Waals surface area contributed by atoms with E-state index in [0.29, 0.717) is 41.6 Å². The number of rotatable bonds is 10. The highest BCUT2D eigenvalue weighted by molar-refractivity contribution is 7.92. The summed E-state index contributed by atoms with van der Waals surface area (Å²) < 4.78 is 38.7. The van der Waals surface area contributed by atoms with Gasteiger partial charge in [-0.15, -0.1) is 0 Å². The number of ether oxygens (including phenoxy) is 2. The second kappa shape index (κ2) is 10.9. The molecule has 2 N–H and O–H groups in total. The van der Waals surface area contributed by atoms with E-state index in [4.69, 9.17) is 9.47 Å². The quantitative estimate of drug-likeness (QED) is 0.434. The molecule has 0 bridgehead atoms. The van der Waals surface area contributed by atoms with Gasteiger partial charge in [0.05, 0.1) is 10.5 Å². The van der Waals surface area contributed by atoms with Gasteiger partial charge in [-0.2, -0.15) is 0 Å². The summed E-state index contributed by atoms with van der Waals surface area (Å²) in [6, 6.07) is 15.0. The summed E-state index contributed by atoms with van der Waals surface area (Å²) in [5.74, 6) is 0.578. The Kier molecular flexibility index (Phi) is 8.02.